The molecule has 23 heavy (non-hydrogen) atoms. The number of aliphatic imine (C=N–C) groups is 1. The molecule has 5 nitrogen and oxygen atoms in total. The van der Waals surface area contributed by atoms with Crippen molar-refractivity contribution in [3.63, 3.8) is 0 Å². The van der Waals surface area contributed by atoms with Crippen molar-refractivity contribution in [1.82, 2.24) is 5.32 Å². The molecule has 4 N–H and O–H groups in total. The SMILES string of the molecule is I.NC(=NCC(O)COc1cccc(Cl)c1Cl)NCC1CCC1. The van der Waals surface area contributed by atoms with E-state index in [9.17, 15) is 5.11 Å². The third-order valence-electron chi connectivity index (χ3n) is 3.62. The number of aliphatic hydroxyl groups excluding tert-OH is 1. The van der Waals surface area contributed by atoms with E-state index in [0.29, 0.717) is 27.7 Å². The Kier molecular flexibility index (Phi) is 9.34. The van der Waals surface area contributed by atoms with Crippen LogP contribution in [0.4, 0.5) is 0 Å². The standard InChI is InChI=1S/C15H21Cl2N3O2.HI/c16-12-5-2-6-13(14(12)17)22-9-11(21)8-20-15(18)19-7-10-3-1-4-10;/h2,5-6,10-11,21H,1,3-4,7-9H2,(H3,18,19,20);1H. The smallest absolute Gasteiger partial charge is 0.188 e. The first-order chi connectivity index (χ1) is 10.6. The zero-order chi connectivity index (χ0) is 15.9. The van der Waals surface area contributed by atoms with Crippen LogP contribution in [0.5, 0.6) is 5.75 Å². The van der Waals surface area contributed by atoms with Crippen molar-refractivity contribution in [3.8, 4) is 5.75 Å². The molecule has 0 radical (unpaired) electrons. The number of nitrogens with zero attached hydrogens (tertiary/aromatic N) is 1. The Bertz CT molecular complexity index is 527. The molecule has 1 aliphatic rings. The molecular formula is C15H22Cl2IN3O2. The van der Waals surface area contributed by atoms with Gasteiger partial charge in [0, 0.05) is 6.54 Å². The first-order valence-corrected chi connectivity index (χ1v) is 8.10. The van der Waals surface area contributed by atoms with Gasteiger partial charge in [-0.25, -0.2) is 0 Å². The summed E-state index contributed by atoms with van der Waals surface area (Å²) in [6.45, 7) is 1.08. The summed E-state index contributed by atoms with van der Waals surface area (Å²) in [6, 6.07) is 5.10. The van der Waals surface area contributed by atoms with E-state index in [1.54, 1.807) is 18.2 Å². The third kappa shape index (κ3) is 6.91. The number of hydrogen-bond donors (Lipinski definition) is 3. The lowest BCUT2D eigenvalue weighted by atomic mass is 9.85. The Labute approximate surface area is 163 Å². The number of guanidine groups is 1. The lowest BCUT2D eigenvalue weighted by molar-refractivity contribution is 0.114. The summed E-state index contributed by atoms with van der Waals surface area (Å²) in [5.41, 5.74) is 5.75. The summed E-state index contributed by atoms with van der Waals surface area (Å²) in [6.07, 6.45) is 3.03. The van der Waals surface area contributed by atoms with Crippen LogP contribution >= 0.6 is 47.2 Å². The number of hydrogen-bond acceptors (Lipinski definition) is 3. The molecule has 1 atom stereocenters. The molecule has 130 valence electrons. The lowest BCUT2D eigenvalue weighted by Crippen LogP contribution is -2.38. The number of nitrogens with two attached hydrogens (primary N) is 1. The minimum absolute atomic E-state index is 0. The van der Waals surface area contributed by atoms with Crippen LogP contribution in [0.3, 0.4) is 0 Å². The summed E-state index contributed by atoms with van der Waals surface area (Å²) in [7, 11) is 0. The van der Waals surface area contributed by atoms with E-state index in [0.717, 1.165) is 6.54 Å². The van der Waals surface area contributed by atoms with Crippen LogP contribution in [0.1, 0.15) is 19.3 Å². The van der Waals surface area contributed by atoms with Crippen molar-refractivity contribution in [2.45, 2.75) is 25.4 Å². The van der Waals surface area contributed by atoms with Gasteiger partial charge in [-0.1, -0.05) is 35.7 Å². The van der Waals surface area contributed by atoms with Gasteiger partial charge in [0.05, 0.1) is 11.6 Å². The molecule has 1 aromatic carbocycles. The van der Waals surface area contributed by atoms with Gasteiger partial charge < -0.3 is 20.9 Å². The van der Waals surface area contributed by atoms with Crippen LogP contribution in [0.15, 0.2) is 23.2 Å². The molecule has 8 heteroatoms. The Morgan fingerprint density at radius 2 is 2.17 bits per heavy atom. The molecule has 0 heterocycles. The van der Waals surface area contributed by atoms with Crippen LogP contribution in [-0.2, 0) is 0 Å². The highest BCUT2D eigenvalue weighted by atomic mass is 127. The van der Waals surface area contributed by atoms with E-state index in [1.807, 2.05) is 0 Å². The van der Waals surface area contributed by atoms with Gasteiger partial charge in [-0.3, -0.25) is 4.99 Å². The van der Waals surface area contributed by atoms with Gasteiger partial charge in [-0.15, -0.1) is 24.0 Å². The van der Waals surface area contributed by atoms with Crippen LogP contribution in [0.2, 0.25) is 10.0 Å². The predicted octanol–water partition coefficient (Wildman–Crippen LogP) is 3.06. The maximum absolute atomic E-state index is 9.86. The molecule has 1 unspecified atom stereocenters. The quantitative estimate of drug-likeness (QED) is 0.323. The zero-order valence-electron chi connectivity index (χ0n) is 12.7. The highest BCUT2D eigenvalue weighted by Gasteiger charge is 2.16. The third-order valence-corrected chi connectivity index (χ3v) is 4.42. The van der Waals surface area contributed by atoms with Crippen molar-refractivity contribution in [2.24, 2.45) is 16.6 Å². The Morgan fingerprint density at radius 1 is 1.43 bits per heavy atom. The van der Waals surface area contributed by atoms with Gasteiger partial charge in [0.2, 0.25) is 0 Å². The van der Waals surface area contributed by atoms with E-state index >= 15 is 0 Å². The van der Waals surface area contributed by atoms with E-state index < -0.39 is 6.10 Å². The maximum Gasteiger partial charge on any atom is 0.188 e. The summed E-state index contributed by atoms with van der Waals surface area (Å²) in [5, 5.41) is 13.7. The Hall–Kier alpha value is -0.440. The average Bonchev–Trinajstić information content (AvgIpc) is 2.45. The van der Waals surface area contributed by atoms with Crippen molar-refractivity contribution < 1.29 is 9.84 Å². The molecule has 2 rings (SSSR count). The van der Waals surface area contributed by atoms with Gasteiger partial charge in [-0.05, 0) is 30.9 Å². The second-order valence-corrected chi connectivity index (χ2v) is 6.21. The molecule has 1 fully saturated rings. The average molecular weight is 474 g/mol. The van der Waals surface area contributed by atoms with E-state index in [-0.39, 0.29) is 37.1 Å². The molecule has 1 aromatic rings. The zero-order valence-corrected chi connectivity index (χ0v) is 16.5. The Balaban J connectivity index is 0.00000264. The van der Waals surface area contributed by atoms with E-state index in [2.05, 4.69) is 10.3 Å². The lowest BCUT2D eigenvalue weighted by Gasteiger charge is -2.25. The fraction of sp³-hybridized carbons (Fsp3) is 0.533. The molecule has 1 aliphatic carbocycles. The fourth-order valence-corrected chi connectivity index (χ4v) is 2.39. The molecule has 1 saturated carbocycles. The monoisotopic (exact) mass is 473 g/mol. The number of benzene rings is 1. The molecular weight excluding hydrogens is 452 g/mol. The molecule has 0 bridgehead atoms. The first-order valence-electron chi connectivity index (χ1n) is 7.35. The number of rotatable bonds is 7. The van der Waals surface area contributed by atoms with E-state index in [4.69, 9.17) is 33.7 Å². The maximum atomic E-state index is 9.86. The second kappa shape index (κ2) is 10.4. The van der Waals surface area contributed by atoms with Crippen LogP contribution in [-0.4, -0.2) is 36.9 Å². The predicted molar refractivity (Wildman–Crippen MR) is 105 cm³/mol. The molecule has 0 amide bonds. The van der Waals surface area contributed by atoms with Crippen LogP contribution in [0.25, 0.3) is 0 Å². The highest BCUT2D eigenvalue weighted by Crippen LogP contribution is 2.31. The van der Waals surface area contributed by atoms with Gasteiger partial charge in [0.15, 0.2) is 5.96 Å². The minimum atomic E-state index is -0.765. The fourth-order valence-electron chi connectivity index (χ4n) is 2.04. The van der Waals surface area contributed by atoms with Crippen molar-refractivity contribution >= 4 is 53.1 Å². The number of aliphatic hydroxyl groups is 1. The van der Waals surface area contributed by atoms with Gasteiger partial charge >= 0.3 is 0 Å². The Morgan fingerprint density at radius 3 is 2.83 bits per heavy atom. The number of halogens is 3. The van der Waals surface area contributed by atoms with Crippen molar-refractivity contribution in [1.29, 1.82) is 0 Å². The van der Waals surface area contributed by atoms with Gasteiger partial charge in [-0.2, -0.15) is 0 Å². The number of nitrogens with one attached hydrogen (secondary N) is 1. The van der Waals surface area contributed by atoms with Gasteiger partial charge in [0.25, 0.3) is 0 Å². The van der Waals surface area contributed by atoms with Crippen molar-refractivity contribution in [3.05, 3.63) is 28.2 Å². The number of ether oxygens (including phenoxy) is 1. The molecule has 0 aliphatic heterocycles. The summed E-state index contributed by atoms with van der Waals surface area (Å²) in [4.78, 5) is 4.10. The molecule has 0 spiro atoms. The second-order valence-electron chi connectivity index (χ2n) is 5.42. The first kappa shape index (κ1) is 20.6. The highest BCUT2D eigenvalue weighted by molar-refractivity contribution is 14.0. The van der Waals surface area contributed by atoms with Crippen LogP contribution in [0, 0.1) is 5.92 Å². The van der Waals surface area contributed by atoms with Crippen molar-refractivity contribution in [2.75, 3.05) is 19.7 Å². The summed E-state index contributed by atoms with van der Waals surface area (Å²) >= 11 is 11.9. The topological polar surface area (TPSA) is 79.9 Å². The summed E-state index contributed by atoms with van der Waals surface area (Å²) < 4.78 is 5.44. The summed E-state index contributed by atoms with van der Waals surface area (Å²) in [5.74, 6) is 1.49. The largest absolute Gasteiger partial charge is 0.489 e. The normalized spacial score (nSPS) is 16.2. The van der Waals surface area contributed by atoms with Crippen LogP contribution < -0.4 is 15.8 Å². The van der Waals surface area contributed by atoms with Gasteiger partial charge in [0.1, 0.15) is 23.5 Å². The minimum Gasteiger partial charge on any atom is -0.489 e. The molecule has 0 saturated heterocycles. The van der Waals surface area contributed by atoms with E-state index in [1.165, 1.54) is 19.3 Å². The molecule has 0 aromatic heterocycles.